The second-order valence-corrected chi connectivity index (χ2v) is 9.23. The van der Waals surface area contributed by atoms with Crippen LogP contribution in [0.15, 0.2) is 53.4 Å². The van der Waals surface area contributed by atoms with E-state index in [-0.39, 0.29) is 5.41 Å². The first kappa shape index (κ1) is 18.4. The summed E-state index contributed by atoms with van der Waals surface area (Å²) in [6, 6.07) is 15.0. The van der Waals surface area contributed by atoms with E-state index in [0.29, 0.717) is 11.4 Å². The second kappa shape index (κ2) is 7.32. The molecule has 0 heterocycles. The fourth-order valence-corrected chi connectivity index (χ4v) is 3.82. The van der Waals surface area contributed by atoms with Gasteiger partial charge in [-0.05, 0) is 69.8 Å². The first-order chi connectivity index (χ1) is 10.7. The molecule has 0 aliphatic carbocycles. The third kappa shape index (κ3) is 4.78. The minimum absolute atomic E-state index is 0.0520. The van der Waals surface area contributed by atoms with Crippen molar-refractivity contribution in [1.82, 2.24) is 4.72 Å². The Balaban J connectivity index is 2.13. The highest BCUT2D eigenvalue weighted by Crippen LogP contribution is 2.27. The summed E-state index contributed by atoms with van der Waals surface area (Å²) in [5.41, 5.74) is 2.15. The number of nitrogens with one attached hydrogen (secondary N) is 1. The lowest BCUT2D eigenvalue weighted by molar-refractivity contribution is 0.505. The maximum Gasteiger partial charge on any atom is 0.240 e. The smallest absolute Gasteiger partial charge is 0.207 e. The third-order valence-corrected chi connectivity index (χ3v) is 6.27. The molecular formula is C18H22INO2S. The van der Waals surface area contributed by atoms with Crippen LogP contribution in [0.3, 0.4) is 0 Å². The molecule has 0 amide bonds. The van der Waals surface area contributed by atoms with Gasteiger partial charge in [0, 0.05) is 10.1 Å². The Labute approximate surface area is 152 Å². The van der Waals surface area contributed by atoms with Crippen molar-refractivity contribution in [3.63, 3.8) is 0 Å². The molecule has 0 saturated carbocycles. The van der Waals surface area contributed by atoms with Gasteiger partial charge in [0.1, 0.15) is 0 Å². The number of hydrogen-bond donors (Lipinski definition) is 1. The zero-order valence-corrected chi connectivity index (χ0v) is 16.6. The van der Waals surface area contributed by atoms with Crippen LogP contribution in [0.25, 0.3) is 0 Å². The Morgan fingerprint density at radius 2 is 1.74 bits per heavy atom. The molecule has 0 fully saturated rings. The summed E-state index contributed by atoms with van der Waals surface area (Å²) >= 11 is 2.21. The van der Waals surface area contributed by atoms with Gasteiger partial charge in [0.15, 0.2) is 0 Å². The predicted molar refractivity (Wildman–Crippen MR) is 103 cm³/mol. The molecule has 0 aliphatic rings. The second-order valence-electron chi connectivity index (χ2n) is 6.22. The van der Waals surface area contributed by atoms with Crippen LogP contribution in [-0.2, 0) is 22.0 Å². The molecule has 1 N–H and O–H groups in total. The first-order valence-electron chi connectivity index (χ1n) is 7.59. The average molecular weight is 443 g/mol. The fourth-order valence-electron chi connectivity index (χ4n) is 2.20. The Kier molecular flexibility index (Phi) is 5.86. The van der Waals surface area contributed by atoms with Crippen molar-refractivity contribution in [2.75, 3.05) is 0 Å². The molecule has 0 aromatic heterocycles. The van der Waals surface area contributed by atoms with E-state index in [4.69, 9.17) is 0 Å². The highest BCUT2D eigenvalue weighted by Gasteiger charge is 2.19. The van der Waals surface area contributed by atoms with E-state index in [1.54, 1.807) is 12.1 Å². The summed E-state index contributed by atoms with van der Waals surface area (Å²) < 4.78 is 28.6. The summed E-state index contributed by atoms with van der Waals surface area (Å²) in [7, 11) is -3.49. The van der Waals surface area contributed by atoms with Gasteiger partial charge in [-0.15, -0.1) is 0 Å². The molecular weight excluding hydrogens is 421 g/mol. The van der Waals surface area contributed by atoms with E-state index < -0.39 is 10.0 Å². The Morgan fingerprint density at radius 3 is 2.30 bits per heavy atom. The highest BCUT2D eigenvalue weighted by molar-refractivity contribution is 14.1. The van der Waals surface area contributed by atoms with Gasteiger partial charge in [-0.1, -0.05) is 45.0 Å². The summed E-state index contributed by atoms with van der Waals surface area (Å²) in [6.07, 6.45) is 1.00. The van der Waals surface area contributed by atoms with Crippen LogP contribution in [0.5, 0.6) is 0 Å². The maximum absolute atomic E-state index is 12.4. The fraction of sp³-hybridized carbons (Fsp3) is 0.333. The van der Waals surface area contributed by atoms with Crippen LogP contribution in [0.2, 0.25) is 0 Å². The van der Waals surface area contributed by atoms with Gasteiger partial charge in [0.2, 0.25) is 10.0 Å². The molecule has 2 aromatic carbocycles. The number of rotatable bonds is 6. The van der Waals surface area contributed by atoms with Crippen molar-refractivity contribution in [3.8, 4) is 0 Å². The lowest BCUT2D eigenvalue weighted by Crippen LogP contribution is -2.23. The van der Waals surface area contributed by atoms with E-state index in [1.165, 1.54) is 0 Å². The van der Waals surface area contributed by atoms with E-state index >= 15 is 0 Å². The molecule has 3 nitrogen and oxygen atoms in total. The Morgan fingerprint density at radius 1 is 1.09 bits per heavy atom. The largest absolute Gasteiger partial charge is 0.240 e. The van der Waals surface area contributed by atoms with Crippen LogP contribution < -0.4 is 4.72 Å². The molecule has 2 aromatic rings. The molecule has 5 heteroatoms. The molecule has 124 valence electrons. The molecule has 0 radical (unpaired) electrons. The van der Waals surface area contributed by atoms with Crippen molar-refractivity contribution >= 4 is 32.6 Å². The van der Waals surface area contributed by atoms with E-state index in [2.05, 4.69) is 48.1 Å². The van der Waals surface area contributed by atoms with Crippen LogP contribution in [-0.4, -0.2) is 8.42 Å². The minimum atomic E-state index is -3.49. The van der Waals surface area contributed by atoms with Gasteiger partial charge in [0.05, 0.1) is 4.90 Å². The van der Waals surface area contributed by atoms with E-state index in [9.17, 15) is 8.42 Å². The number of sulfonamides is 1. The summed E-state index contributed by atoms with van der Waals surface area (Å²) in [4.78, 5) is 0.304. The number of halogens is 1. The molecule has 0 saturated heterocycles. The zero-order chi connectivity index (χ0) is 17.1. The number of benzene rings is 2. The molecule has 0 atom stereocenters. The van der Waals surface area contributed by atoms with E-state index in [1.807, 2.05) is 36.4 Å². The molecule has 0 spiro atoms. The van der Waals surface area contributed by atoms with Gasteiger partial charge < -0.3 is 0 Å². The van der Waals surface area contributed by atoms with Gasteiger partial charge >= 0.3 is 0 Å². The van der Waals surface area contributed by atoms with E-state index in [0.717, 1.165) is 21.1 Å². The van der Waals surface area contributed by atoms with Crippen molar-refractivity contribution in [2.24, 2.45) is 0 Å². The molecule has 0 unspecified atom stereocenters. The number of hydrogen-bond acceptors (Lipinski definition) is 2. The van der Waals surface area contributed by atoms with Crippen molar-refractivity contribution in [1.29, 1.82) is 0 Å². The Bertz CT molecular complexity index is 768. The maximum atomic E-state index is 12.4. The van der Waals surface area contributed by atoms with Crippen molar-refractivity contribution in [2.45, 2.75) is 44.0 Å². The average Bonchev–Trinajstić information content (AvgIpc) is 2.53. The molecule has 23 heavy (non-hydrogen) atoms. The quantitative estimate of drug-likeness (QED) is 0.671. The standard InChI is InChI=1S/C18H22INO2S/c1-4-18(2,3)15-8-10-17(11-9-15)23(21,22)20-13-14-6-5-7-16(19)12-14/h5-12,20H,4,13H2,1-3H3. The van der Waals surface area contributed by atoms with Gasteiger partial charge in [0.25, 0.3) is 0 Å². The van der Waals surface area contributed by atoms with Crippen LogP contribution >= 0.6 is 22.6 Å². The lowest BCUT2D eigenvalue weighted by Gasteiger charge is -2.23. The summed E-state index contributed by atoms with van der Waals surface area (Å²) in [5.74, 6) is 0. The van der Waals surface area contributed by atoms with Crippen LogP contribution in [0.4, 0.5) is 0 Å². The first-order valence-corrected chi connectivity index (χ1v) is 10.2. The van der Waals surface area contributed by atoms with Crippen LogP contribution in [0.1, 0.15) is 38.3 Å². The predicted octanol–water partition coefficient (Wildman–Crippen LogP) is 4.46. The third-order valence-electron chi connectivity index (χ3n) is 4.19. The minimum Gasteiger partial charge on any atom is -0.207 e. The monoisotopic (exact) mass is 443 g/mol. The summed E-state index contributed by atoms with van der Waals surface area (Å²) in [6.45, 7) is 6.74. The molecule has 0 aliphatic heterocycles. The summed E-state index contributed by atoms with van der Waals surface area (Å²) in [5, 5.41) is 0. The topological polar surface area (TPSA) is 46.2 Å². The van der Waals surface area contributed by atoms with Crippen LogP contribution in [0, 0.1) is 3.57 Å². The molecule has 0 bridgehead atoms. The lowest BCUT2D eigenvalue weighted by atomic mass is 9.82. The Hall–Kier alpha value is -0.920. The SMILES string of the molecule is CCC(C)(C)c1ccc(S(=O)(=O)NCc2cccc(I)c2)cc1. The van der Waals surface area contributed by atoms with Gasteiger partial charge in [-0.25, -0.2) is 13.1 Å². The normalized spacial score (nSPS) is 12.3. The van der Waals surface area contributed by atoms with Gasteiger partial charge in [-0.2, -0.15) is 0 Å². The van der Waals surface area contributed by atoms with Crippen molar-refractivity contribution < 1.29 is 8.42 Å². The van der Waals surface area contributed by atoms with Crippen molar-refractivity contribution in [3.05, 3.63) is 63.2 Å². The molecule has 2 rings (SSSR count). The zero-order valence-electron chi connectivity index (χ0n) is 13.6. The van der Waals surface area contributed by atoms with Gasteiger partial charge in [-0.3, -0.25) is 0 Å². The highest BCUT2D eigenvalue weighted by atomic mass is 127.